The van der Waals surface area contributed by atoms with E-state index in [0.29, 0.717) is 5.75 Å². The Morgan fingerprint density at radius 2 is 1.88 bits per heavy atom. The fraction of sp³-hybridized carbons (Fsp3) is 0.250. The van der Waals surface area contributed by atoms with Crippen molar-refractivity contribution in [2.24, 2.45) is 0 Å². The van der Waals surface area contributed by atoms with Crippen LogP contribution in [0.1, 0.15) is 18.2 Å². The van der Waals surface area contributed by atoms with E-state index in [1.165, 1.54) is 12.7 Å². The van der Waals surface area contributed by atoms with Gasteiger partial charge in [-0.3, -0.25) is 0 Å². The molecular formula is C20H21NO3. The van der Waals surface area contributed by atoms with Gasteiger partial charge in [-0.05, 0) is 37.6 Å². The molecule has 0 bridgehead atoms. The predicted molar refractivity (Wildman–Crippen MR) is 94.3 cm³/mol. The molecule has 3 rings (SSSR count). The first-order chi connectivity index (χ1) is 11.6. The number of methoxy groups -OCH3 is 1. The molecule has 3 aromatic rings. The van der Waals surface area contributed by atoms with Crippen molar-refractivity contribution in [3.05, 3.63) is 65.9 Å². The number of rotatable bonds is 5. The van der Waals surface area contributed by atoms with E-state index >= 15 is 0 Å². The van der Waals surface area contributed by atoms with Crippen LogP contribution in [-0.4, -0.2) is 23.8 Å². The minimum Gasteiger partial charge on any atom is -0.478 e. The average molecular weight is 323 g/mol. The third kappa shape index (κ3) is 3.13. The van der Waals surface area contributed by atoms with Gasteiger partial charge in [-0.15, -0.1) is 0 Å². The molecule has 4 nitrogen and oxygen atoms in total. The summed E-state index contributed by atoms with van der Waals surface area (Å²) in [6.07, 6.45) is -0.640. The number of hydrogen-bond donors (Lipinski definition) is 0. The maximum absolute atomic E-state index is 11.6. The van der Waals surface area contributed by atoms with E-state index in [9.17, 15) is 4.79 Å². The maximum Gasteiger partial charge on any atom is 0.346 e. The topological polar surface area (TPSA) is 40.5 Å². The Morgan fingerprint density at radius 3 is 2.58 bits per heavy atom. The molecule has 0 aliphatic carbocycles. The number of nitrogens with zero attached hydrogens (tertiary/aromatic N) is 1. The van der Waals surface area contributed by atoms with E-state index in [4.69, 9.17) is 9.47 Å². The monoisotopic (exact) mass is 323 g/mol. The Bertz CT molecular complexity index is 852. The van der Waals surface area contributed by atoms with Crippen LogP contribution in [0, 0.1) is 6.92 Å². The fourth-order valence-electron chi connectivity index (χ4n) is 2.87. The zero-order chi connectivity index (χ0) is 17.1. The van der Waals surface area contributed by atoms with Gasteiger partial charge in [0.15, 0.2) is 6.10 Å². The SMILES string of the molecule is COC(=O)C(C)Oc1cccc2c1cc(C)n2Cc1ccccc1. The summed E-state index contributed by atoms with van der Waals surface area (Å²) in [7, 11) is 1.36. The Balaban J connectivity index is 1.97. The van der Waals surface area contributed by atoms with Gasteiger partial charge in [-0.25, -0.2) is 4.79 Å². The summed E-state index contributed by atoms with van der Waals surface area (Å²) in [6.45, 7) is 4.57. The van der Waals surface area contributed by atoms with Gasteiger partial charge < -0.3 is 14.0 Å². The highest BCUT2D eigenvalue weighted by Gasteiger charge is 2.17. The van der Waals surface area contributed by atoms with Gasteiger partial charge in [0, 0.05) is 17.6 Å². The van der Waals surface area contributed by atoms with Crippen LogP contribution in [0.25, 0.3) is 10.9 Å². The van der Waals surface area contributed by atoms with E-state index in [1.54, 1.807) is 6.92 Å². The lowest BCUT2D eigenvalue weighted by Gasteiger charge is -2.14. The number of hydrogen-bond acceptors (Lipinski definition) is 3. The van der Waals surface area contributed by atoms with Crippen LogP contribution in [-0.2, 0) is 16.1 Å². The third-order valence-electron chi connectivity index (χ3n) is 4.13. The van der Waals surface area contributed by atoms with Gasteiger partial charge in [-0.2, -0.15) is 0 Å². The van der Waals surface area contributed by atoms with E-state index in [1.807, 2.05) is 30.3 Å². The zero-order valence-corrected chi connectivity index (χ0v) is 14.2. The first kappa shape index (κ1) is 16.1. The van der Waals surface area contributed by atoms with E-state index < -0.39 is 6.10 Å². The molecule has 0 amide bonds. The second kappa shape index (κ2) is 6.79. The van der Waals surface area contributed by atoms with E-state index in [2.05, 4.69) is 35.8 Å². The number of benzene rings is 2. The molecule has 0 aliphatic heterocycles. The molecule has 0 fully saturated rings. The van der Waals surface area contributed by atoms with Crippen molar-refractivity contribution >= 4 is 16.9 Å². The Hall–Kier alpha value is -2.75. The van der Waals surface area contributed by atoms with Gasteiger partial charge in [0.05, 0.1) is 12.6 Å². The van der Waals surface area contributed by atoms with Gasteiger partial charge >= 0.3 is 5.97 Å². The van der Waals surface area contributed by atoms with E-state index in [-0.39, 0.29) is 5.97 Å². The fourth-order valence-corrected chi connectivity index (χ4v) is 2.87. The summed E-state index contributed by atoms with van der Waals surface area (Å²) in [6, 6.07) is 18.3. The highest BCUT2D eigenvalue weighted by Crippen LogP contribution is 2.30. The van der Waals surface area contributed by atoms with Gasteiger partial charge in [-0.1, -0.05) is 36.4 Å². The number of carbonyl (C=O) groups excluding carboxylic acids is 1. The Kier molecular flexibility index (Phi) is 4.56. The smallest absolute Gasteiger partial charge is 0.346 e. The Morgan fingerprint density at radius 1 is 1.12 bits per heavy atom. The molecule has 0 saturated heterocycles. The van der Waals surface area contributed by atoms with Crippen molar-refractivity contribution in [3.63, 3.8) is 0 Å². The first-order valence-electron chi connectivity index (χ1n) is 7.97. The highest BCUT2D eigenvalue weighted by molar-refractivity contribution is 5.88. The molecule has 1 heterocycles. The number of aryl methyl sites for hydroxylation is 1. The van der Waals surface area contributed by atoms with Crippen molar-refractivity contribution in [2.45, 2.75) is 26.5 Å². The number of esters is 1. The quantitative estimate of drug-likeness (QED) is 0.668. The van der Waals surface area contributed by atoms with Gasteiger partial charge in [0.1, 0.15) is 5.75 Å². The third-order valence-corrected chi connectivity index (χ3v) is 4.13. The molecule has 1 aromatic heterocycles. The second-order valence-electron chi connectivity index (χ2n) is 5.83. The molecule has 0 aliphatic rings. The minimum atomic E-state index is -0.640. The molecule has 0 saturated carbocycles. The van der Waals surface area contributed by atoms with Crippen molar-refractivity contribution in [1.29, 1.82) is 0 Å². The molecule has 0 radical (unpaired) electrons. The van der Waals surface area contributed by atoms with Crippen LogP contribution < -0.4 is 4.74 Å². The second-order valence-corrected chi connectivity index (χ2v) is 5.83. The summed E-state index contributed by atoms with van der Waals surface area (Å²) in [5, 5.41) is 1.00. The largest absolute Gasteiger partial charge is 0.478 e. The highest BCUT2D eigenvalue weighted by atomic mass is 16.6. The molecule has 4 heteroatoms. The molecule has 0 N–H and O–H groups in total. The van der Waals surface area contributed by atoms with Crippen LogP contribution >= 0.6 is 0 Å². The lowest BCUT2D eigenvalue weighted by atomic mass is 10.2. The van der Waals surface area contributed by atoms with Crippen molar-refractivity contribution < 1.29 is 14.3 Å². The van der Waals surface area contributed by atoms with Crippen molar-refractivity contribution in [3.8, 4) is 5.75 Å². The molecule has 0 spiro atoms. The van der Waals surface area contributed by atoms with Gasteiger partial charge in [0.2, 0.25) is 0 Å². The van der Waals surface area contributed by atoms with Crippen LogP contribution in [0.3, 0.4) is 0 Å². The minimum absolute atomic E-state index is 0.382. The molecule has 124 valence electrons. The van der Waals surface area contributed by atoms with Crippen molar-refractivity contribution in [2.75, 3.05) is 7.11 Å². The normalized spacial score (nSPS) is 12.1. The number of fused-ring (bicyclic) bond motifs is 1. The lowest BCUT2D eigenvalue weighted by Crippen LogP contribution is -2.24. The zero-order valence-electron chi connectivity index (χ0n) is 14.2. The van der Waals surface area contributed by atoms with Crippen LogP contribution in [0.15, 0.2) is 54.6 Å². The van der Waals surface area contributed by atoms with Crippen LogP contribution in [0.5, 0.6) is 5.75 Å². The standard InChI is InChI=1S/C20H21NO3/c1-14-12-17-18(21(14)13-16-8-5-4-6-9-16)10-7-11-19(17)24-15(2)20(22)23-3/h4-12,15H,13H2,1-3H3. The van der Waals surface area contributed by atoms with Crippen LogP contribution in [0.2, 0.25) is 0 Å². The first-order valence-corrected chi connectivity index (χ1v) is 7.97. The Labute approximate surface area is 141 Å². The number of aromatic nitrogens is 1. The average Bonchev–Trinajstić information content (AvgIpc) is 2.92. The summed E-state index contributed by atoms with van der Waals surface area (Å²) < 4.78 is 12.8. The number of carbonyl (C=O) groups is 1. The maximum atomic E-state index is 11.6. The molecule has 24 heavy (non-hydrogen) atoms. The van der Waals surface area contributed by atoms with E-state index in [0.717, 1.165) is 23.1 Å². The molecule has 1 unspecified atom stereocenters. The summed E-state index contributed by atoms with van der Waals surface area (Å²) in [5.74, 6) is 0.313. The summed E-state index contributed by atoms with van der Waals surface area (Å²) in [4.78, 5) is 11.6. The summed E-state index contributed by atoms with van der Waals surface area (Å²) in [5.41, 5.74) is 3.48. The molecule has 1 atom stereocenters. The molecule has 2 aromatic carbocycles. The van der Waals surface area contributed by atoms with Crippen LogP contribution in [0.4, 0.5) is 0 Å². The number of ether oxygens (including phenoxy) is 2. The molecular weight excluding hydrogens is 302 g/mol. The van der Waals surface area contributed by atoms with Crippen molar-refractivity contribution in [1.82, 2.24) is 4.57 Å². The van der Waals surface area contributed by atoms with Gasteiger partial charge in [0.25, 0.3) is 0 Å². The predicted octanol–water partition coefficient (Wildman–Crippen LogP) is 3.94. The lowest BCUT2D eigenvalue weighted by molar-refractivity contribution is -0.147. The summed E-state index contributed by atoms with van der Waals surface area (Å²) >= 11 is 0.